The first kappa shape index (κ1) is 13.5. The molecule has 0 aliphatic heterocycles. The van der Waals surface area contributed by atoms with Gasteiger partial charge in [0.2, 0.25) is 10.0 Å². The van der Waals surface area contributed by atoms with Gasteiger partial charge < -0.3 is 10.7 Å². The topological polar surface area (TPSA) is 88.0 Å². The van der Waals surface area contributed by atoms with Crippen molar-refractivity contribution in [1.82, 2.24) is 9.71 Å². The second-order valence-electron chi connectivity index (χ2n) is 5.46. The van der Waals surface area contributed by atoms with Crippen LogP contribution in [0.4, 0.5) is 5.69 Å². The molecule has 1 saturated carbocycles. The molecular weight excluding hydrogens is 274 g/mol. The number of hydrogen-bond donors (Lipinski definition) is 3. The molecule has 108 valence electrons. The fourth-order valence-electron chi connectivity index (χ4n) is 2.85. The van der Waals surface area contributed by atoms with E-state index >= 15 is 0 Å². The van der Waals surface area contributed by atoms with Gasteiger partial charge in [-0.05, 0) is 37.0 Å². The maximum atomic E-state index is 12.4. The highest BCUT2D eigenvalue weighted by atomic mass is 32.2. The summed E-state index contributed by atoms with van der Waals surface area (Å²) in [6, 6.07) is 5.23. The van der Waals surface area contributed by atoms with Crippen molar-refractivity contribution in [2.45, 2.75) is 30.6 Å². The van der Waals surface area contributed by atoms with Gasteiger partial charge in [-0.1, -0.05) is 12.8 Å². The number of rotatable bonds is 4. The monoisotopic (exact) mass is 293 g/mol. The molecule has 0 amide bonds. The second-order valence-corrected chi connectivity index (χ2v) is 7.20. The Labute approximate surface area is 118 Å². The van der Waals surface area contributed by atoms with E-state index in [1.807, 2.05) is 0 Å². The van der Waals surface area contributed by atoms with Crippen molar-refractivity contribution in [2.75, 3.05) is 12.3 Å². The smallest absolute Gasteiger partial charge is 0.242 e. The summed E-state index contributed by atoms with van der Waals surface area (Å²) in [6.07, 6.45) is 6.17. The van der Waals surface area contributed by atoms with Gasteiger partial charge in [0.1, 0.15) is 4.90 Å². The first-order valence-corrected chi connectivity index (χ1v) is 8.41. The van der Waals surface area contributed by atoms with Gasteiger partial charge >= 0.3 is 0 Å². The number of aromatic amines is 1. The average molecular weight is 293 g/mol. The lowest BCUT2D eigenvalue weighted by atomic mass is 10.1. The third kappa shape index (κ3) is 2.53. The Hall–Kier alpha value is -1.53. The Morgan fingerprint density at radius 2 is 2.05 bits per heavy atom. The minimum atomic E-state index is -3.48. The van der Waals surface area contributed by atoms with Crippen molar-refractivity contribution in [1.29, 1.82) is 0 Å². The number of fused-ring (bicyclic) bond motifs is 1. The third-order valence-electron chi connectivity index (χ3n) is 3.99. The molecule has 0 spiro atoms. The van der Waals surface area contributed by atoms with E-state index in [9.17, 15) is 8.42 Å². The number of sulfonamides is 1. The van der Waals surface area contributed by atoms with Gasteiger partial charge in [0.05, 0.1) is 0 Å². The van der Waals surface area contributed by atoms with Gasteiger partial charge in [-0.25, -0.2) is 13.1 Å². The summed E-state index contributed by atoms with van der Waals surface area (Å²) in [5, 5.41) is 0.643. The molecule has 1 fully saturated rings. The molecule has 1 aromatic carbocycles. The lowest BCUT2D eigenvalue weighted by molar-refractivity contribution is 0.520. The highest BCUT2D eigenvalue weighted by Crippen LogP contribution is 2.27. The van der Waals surface area contributed by atoms with Crippen LogP contribution in [-0.2, 0) is 10.0 Å². The van der Waals surface area contributed by atoms with E-state index in [4.69, 9.17) is 5.73 Å². The van der Waals surface area contributed by atoms with Gasteiger partial charge in [0.25, 0.3) is 0 Å². The van der Waals surface area contributed by atoms with Gasteiger partial charge in [0.15, 0.2) is 0 Å². The predicted molar refractivity (Wildman–Crippen MR) is 79.9 cm³/mol. The van der Waals surface area contributed by atoms with Gasteiger partial charge in [-0.3, -0.25) is 0 Å². The fraction of sp³-hybridized carbons (Fsp3) is 0.429. The molecule has 4 N–H and O–H groups in total. The second kappa shape index (κ2) is 5.10. The van der Waals surface area contributed by atoms with E-state index in [1.165, 1.54) is 19.0 Å². The Balaban J connectivity index is 1.86. The zero-order chi connectivity index (χ0) is 14.2. The summed E-state index contributed by atoms with van der Waals surface area (Å²) >= 11 is 0. The Bertz CT molecular complexity index is 715. The Kier molecular flexibility index (Phi) is 3.43. The van der Waals surface area contributed by atoms with Crippen LogP contribution in [0.3, 0.4) is 0 Å². The first-order valence-electron chi connectivity index (χ1n) is 6.92. The highest BCUT2D eigenvalue weighted by molar-refractivity contribution is 7.89. The molecule has 1 aromatic heterocycles. The quantitative estimate of drug-likeness (QED) is 0.755. The molecule has 1 heterocycles. The molecular formula is C14H19N3O2S. The van der Waals surface area contributed by atoms with E-state index < -0.39 is 10.0 Å². The normalized spacial score (nSPS) is 17.0. The van der Waals surface area contributed by atoms with Crippen molar-refractivity contribution < 1.29 is 8.42 Å². The van der Waals surface area contributed by atoms with Crippen molar-refractivity contribution in [3.8, 4) is 0 Å². The molecule has 0 bridgehead atoms. The lowest BCUT2D eigenvalue weighted by Gasteiger charge is -2.10. The molecule has 0 unspecified atom stereocenters. The van der Waals surface area contributed by atoms with E-state index in [0.29, 0.717) is 23.5 Å². The number of aromatic nitrogens is 1. The van der Waals surface area contributed by atoms with E-state index in [-0.39, 0.29) is 4.90 Å². The summed E-state index contributed by atoms with van der Waals surface area (Å²) in [5.74, 6) is 0.472. The number of nitrogens with one attached hydrogen (secondary N) is 2. The fourth-order valence-corrected chi connectivity index (χ4v) is 4.14. The molecule has 0 saturated heterocycles. The van der Waals surface area contributed by atoms with Gasteiger partial charge in [-0.2, -0.15) is 0 Å². The summed E-state index contributed by atoms with van der Waals surface area (Å²) in [5.41, 5.74) is 7.08. The third-order valence-corrected chi connectivity index (χ3v) is 5.46. The molecule has 0 atom stereocenters. The van der Waals surface area contributed by atoms with Crippen LogP contribution in [0.25, 0.3) is 10.9 Å². The van der Waals surface area contributed by atoms with Crippen LogP contribution in [0, 0.1) is 5.92 Å². The number of nitrogen functional groups attached to an aromatic ring is 1. The van der Waals surface area contributed by atoms with Crippen LogP contribution < -0.4 is 10.5 Å². The molecule has 0 radical (unpaired) electrons. The molecule has 1 aliphatic carbocycles. The zero-order valence-corrected chi connectivity index (χ0v) is 12.0. The number of nitrogens with two attached hydrogens (primary N) is 1. The summed E-state index contributed by atoms with van der Waals surface area (Å²) < 4.78 is 27.5. The van der Waals surface area contributed by atoms with Crippen LogP contribution in [0.15, 0.2) is 29.3 Å². The van der Waals surface area contributed by atoms with E-state index in [1.54, 1.807) is 18.2 Å². The molecule has 2 aromatic rings. The minimum Gasteiger partial charge on any atom is -0.399 e. The molecule has 1 aliphatic rings. The maximum Gasteiger partial charge on any atom is 0.242 e. The number of hydrogen-bond acceptors (Lipinski definition) is 3. The molecule has 5 nitrogen and oxygen atoms in total. The Morgan fingerprint density at radius 3 is 2.80 bits per heavy atom. The van der Waals surface area contributed by atoms with Crippen molar-refractivity contribution >= 4 is 26.6 Å². The Morgan fingerprint density at radius 1 is 1.30 bits per heavy atom. The SMILES string of the molecule is Nc1ccc2[nH]cc(S(=O)(=O)NCC3CCCC3)c2c1. The summed E-state index contributed by atoms with van der Waals surface area (Å²) in [4.78, 5) is 3.25. The first-order chi connectivity index (χ1) is 9.56. The summed E-state index contributed by atoms with van der Waals surface area (Å²) in [6.45, 7) is 0.525. The minimum absolute atomic E-state index is 0.276. The number of H-pyrrole nitrogens is 1. The number of anilines is 1. The van der Waals surface area contributed by atoms with Crippen LogP contribution in [-0.4, -0.2) is 19.9 Å². The predicted octanol–water partition coefficient (Wildman–Crippen LogP) is 2.22. The summed E-state index contributed by atoms with van der Waals surface area (Å²) in [7, 11) is -3.48. The highest BCUT2D eigenvalue weighted by Gasteiger charge is 2.22. The molecule has 3 rings (SSSR count). The zero-order valence-electron chi connectivity index (χ0n) is 11.2. The van der Waals surface area contributed by atoms with Crippen molar-refractivity contribution in [2.24, 2.45) is 5.92 Å². The van der Waals surface area contributed by atoms with E-state index in [2.05, 4.69) is 9.71 Å². The van der Waals surface area contributed by atoms with Crippen LogP contribution in [0.1, 0.15) is 25.7 Å². The lowest BCUT2D eigenvalue weighted by Crippen LogP contribution is -2.28. The molecule has 6 heteroatoms. The van der Waals surface area contributed by atoms with Gasteiger partial charge in [0, 0.05) is 29.3 Å². The average Bonchev–Trinajstić information content (AvgIpc) is 3.05. The van der Waals surface area contributed by atoms with Crippen LogP contribution >= 0.6 is 0 Å². The van der Waals surface area contributed by atoms with Crippen LogP contribution in [0.5, 0.6) is 0 Å². The van der Waals surface area contributed by atoms with Crippen LogP contribution in [0.2, 0.25) is 0 Å². The molecule has 20 heavy (non-hydrogen) atoms. The largest absolute Gasteiger partial charge is 0.399 e. The van der Waals surface area contributed by atoms with E-state index in [0.717, 1.165) is 18.4 Å². The standard InChI is InChI=1S/C14H19N3O2S/c15-11-5-6-13-12(7-11)14(9-16-13)20(18,19)17-8-10-3-1-2-4-10/h5-7,9-10,16-17H,1-4,8,15H2. The maximum absolute atomic E-state index is 12.4. The van der Waals surface area contributed by atoms with Crippen molar-refractivity contribution in [3.63, 3.8) is 0 Å². The number of benzene rings is 1. The van der Waals surface area contributed by atoms with Gasteiger partial charge in [-0.15, -0.1) is 0 Å². The van der Waals surface area contributed by atoms with Crippen molar-refractivity contribution in [3.05, 3.63) is 24.4 Å².